The largest absolute Gasteiger partial charge is 0.269 e. The highest BCUT2D eigenvalue weighted by Crippen LogP contribution is 2.35. The summed E-state index contributed by atoms with van der Waals surface area (Å²) in [6, 6.07) is 2.20. The van der Waals surface area contributed by atoms with Crippen LogP contribution in [0.5, 0.6) is 0 Å². The van der Waals surface area contributed by atoms with Crippen LogP contribution in [-0.2, 0) is 6.54 Å². The first-order valence-electron chi connectivity index (χ1n) is 5.97. The van der Waals surface area contributed by atoms with E-state index in [4.69, 9.17) is 0 Å². The third-order valence-electron chi connectivity index (χ3n) is 3.21. The lowest BCUT2D eigenvalue weighted by molar-refractivity contribution is 0.425. The Labute approximate surface area is 100 Å². The topological polar surface area (TPSA) is 17.8 Å². The number of alkyl halides is 1. The average Bonchev–Trinajstić information content (AvgIpc) is 2.66. The van der Waals surface area contributed by atoms with E-state index in [1.165, 1.54) is 37.8 Å². The van der Waals surface area contributed by atoms with Gasteiger partial charge in [0.1, 0.15) is 0 Å². The smallest absolute Gasteiger partial charge is 0.0492 e. The van der Waals surface area contributed by atoms with Crippen LogP contribution in [0.1, 0.15) is 50.6 Å². The minimum atomic E-state index is 0.709. The molecule has 0 amide bonds. The van der Waals surface area contributed by atoms with Gasteiger partial charge in [-0.3, -0.25) is 4.68 Å². The van der Waals surface area contributed by atoms with Gasteiger partial charge in [0.05, 0.1) is 0 Å². The van der Waals surface area contributed by atoms with Gasteiger partial charge in [-0.15, -0.1) is 0 Å². The van der Waals surface area contributed by atoms with Crippen LogP contribution in [0.15, 0.2) is 12.3 Å². The Hall–Kier alpha value is -0.310. The van der Waals surface area contributed by atoms with Crippen molar-refractivity contribution in [2.45, 2.75) is 56.3 Å². The molecule has 0 aromatic carbocycles. The zero-order valence-corrected chi connectivity index (χ0v) is 10.9. The summed E-state index contributed by atoms with van der Waals surface area (Å²) in [4.78, 5) is 0.709. The summed E-state index contributed by atoms with van der Waals surface area (Å²) in [5, 5.41) is 4.41. The predicted molar refractivity (Wildman–Crippen MR) is 66.4 cm³/mol. The van der Waals surface area contributed by atoms with Crippen molar-refractivity contribution < 1.29 is 0 Å². The molecule has 84 valence electrons. The first-order valence-corrected chi connectivity index (χ1v) is 6.88. The fourth-order valence-corrected chi connectivity index (χ4v) is 3.26. The zero-order valence-electron chi connectivity index (χ0n) is 9.32. The van der Waals surface area contributed by atoms with Crippen LogP contribution in [0.2, 0.25) is 0 Å². The minimum absolute atomic E-state index is 0.709. The fourth-order valence-electron chi connectivity index (χ4n) is 2.49. The van der Waals surface area contributed by atoms with Crippen molar-refractivity contribution in [2.24, 2.45) is 0 Å². The van der Waals surface area contributed by atoms with Gasteiger partial charge in [0.15, 0.2) is 0 Å². The van der Waals surface area contributed by atoms with E-state index in [2.05, 4.69) is 38.7 Å². The van der Waals surface area contributed by atoms with Crippen LogP contribution >= 0.6 is 15.9 Å². The maximum Gasteiger partial charge on any atom is 0.0492 e. The van der Waals surface area contributed by atoms with Gasteiger partial charge in [0.2, 0.25) is 0 Å². The van der Waals surface area contributed by atoms with Crippen molar-refractivity contribution in [2.75, 3.05) is 0 Å². The standard InChI is InChI=1S/C12H19BrN2/c1-2-8-15-12(6-7-14-15)10-4-3-5-11(13)9-10/h6-7,10-11H,2-5,8-9H2,1H3. The molecule has 1 aliphatic carbocycles. The summed E-state index contributed by atoms with van der Waals surface area (Å²) in [6.07, 6.45) is 8.39. The Morgan fingerprint density at radius 2 is 2.40 bits per heavy atom. The highest BCUT2D eigenvalue weighted by Gasteiger charge is 2.23. The second-order valence-electron chi connectivity index (χ2n) is 4.44. The number of halogens is 1. The van der Waals surface area contributed by atoms with E-state index in [1.54, 1.807) is 0 Å². The molecule has 2 rings (SSSR count). The molecule has 1 aromatic heterocycles. The number of hydrogen-bond donors (Lipinski definition) is 0. The summed E-state index contributed by atoms with van der Waals surface area (Å²) in [6.45, 7) is 3.27. The lowest BCUT2D eigenvalue weighted by Gasteiger charge is -2.26. The molecule has 0 spiro atoms. The van der Waals surface area contributed by atoms with Gasteiger partial charge >= 0.3 is 0 Å². The number of rotatable bonds is 3. The average molecular weight is 271 g/mol. The van der Waals surface area contributed by atoms with Gasteiger partial charge in [-0.1, -0.05) is 29.3 Å². The molecule has 2 nitrogen and oxygen atoms in total. The second-order valence-corrected chi connectivity index (χ2v) is 5.73. The van der Waals surface area contributed by atoms with Crippen LogP contribution in [0, 0.1) is 0 Å². The molecule has 1 fully saturated rings. The summed E-state index contributed by atoms with van der Waals surface area (Å²) < 4.78 is 2.19. The van der Waals surface area contributed by atoms with E-state index < -0.39 is 0 Å². The van der Waals surface area contributed by atoms with Crippen molar-refractivity contribution in [3.63, 3.8) is 0 Å². The summed E-state index contributed by atoms with van der Waals surface area (Å²) in [5.74, 6) is 0.720. The molecule has 2 unspecified atom stereocenters. The molecule has 1 aliphatic rings. The highest BCUT2D eigenvalue weighted by molar-refractivity contribution is 9.09. The minimum Gasteiger partial charge on any atom is -0.269 e. The number of aromatic nitrogens is 2. The number of hydrogen-bond acceptors (Lipinski definition) is 1. The van der Waals surface area contributed by atoms with E-state index in [-0.39, 0.29) is 0 Å². The predicted octanol–water partition coefficient (Wildman–Crippen LogP) is 3.71. The molecule has 0 N–H and O–H groups in total. The first-order chi connectivity index (χ1) is 7.31. The SMILES string of the molecule is CCCn1nccc1C1CCCC(Br)C1. The summed E-state index contributed by atoms with van der Waals surface area (Å²) >= 11 is 3.75. The van der Waals surface area contributed by atoms with Gasteiger partial charge < -0.3 is 0 Å². The van der Waals surface area contributed by atoms with Crippen LogP contribution in [0.3, 0.4) is 0 Å². The molecule has 1 aromatic rings. The van der Waals surface area contributed by atoms with Crippen molar-refractivity contribution in [1.82, 2.24) is 9.78 Å². The van der Waals surface area contributed by atoms with E-state index in [9.17, 15) is 0 Å². The molecule has 3 heteroatoms. The maximum atomic E-state index is 4.41. The molecule has 2 atom stereocenters. The van der Waals surface area contributed by atoms with Crippen LogP contribution in [0.4, 0.5) is 0 Å². The zero-order chi connectivity index (χ0) is 10.7. The first kappa shape index (κ1) is 11.2. The molecule has 0 aliphatic heterocycles. The van der Waals surface area contributed by atoms with Crippen molar-refractivity contribution in [3.8, 4) is 0 Å². The third kappa shape index (κ3) is 2.63. The van der Waals surface area contributed by atoms with Gasteiger partial charge in [0.25, 0.3) is 0 Å². The molecule has 0 bridgehead atoms. The normalized spacial score (nSPS) is 26.8. The Morgan fingerprint density at radius 3 is 3.13 bits per heavy atom. The molecule has 0 radical (unpaired) electrons. The molecule has 1 heterocycles. The quantitative estimate of drug-likeness (QED) is 0.766. The lowest BCUT2D eigenvalue weighted by Crippen LogP contribution is -2.17. The van der Waals surface area contributed by atoms with Crippen LogP contribution < -0.4 is 0 Å². The van der Waals surface area contributed by atoms with Crippen molar-refractivity contribution >= 4 is 15.9 Å². The molecule has 1 saturated carbocycles. The second kappa shape index (κ2) is 5.15. The highest BCUT2D eigenvalue weighted by atomic mass is 79.9. The number of nitrogens with zero attached hydrogens (tertiary/aromatic N) is 2. The number of aryl methyl sites for hydroxylation is 1. The monoisotopic (exact) mass is 270 g/mol. The van der Waals surface area contributed by atoms with Crippen molar-refractivity contribution in [1.29, 1.82) is 0 Å². The maximum absolute atomic E-state index is 4.41. The van der Waals surface area contributed by atoms with E-state index >= 15 is 0 Å². The Morgan fingerprint density at radius 1 is 1.53 bits per heavy atom. The molecule has 0 saturated heterocycles. The molecular weight excluding hydrogens is 252 g/mol. The van der Waals surface area contributed by atoms with Gasteiger partial charge in [-0.2, -0.15) is 5.10 Å². The molecular formula is C12H19BrN2. The Kier molecular flexibility index (Phi) is 3.84. The third-order valence-corrected chi connectivity index (χ3v) is 4.04. The van der Waals surface area contributed by atoms with E-state index in [0.29, 0.717) is 4.83 Å². The van der Waals surface area contributed by atoms with Crippen LogP contribution in [0.25, 0.3) is 0 Å². The Bertz CT molecular complexity index is 308. The fraction of sp³-hybridized carbons (Fsp3) is 0.750. The molecule has 15 heavy (non-hydrogen) atoms. The Balaban J connectivity index is 2.10. The van der Waals surface area contributed by atoms with E-state index in [1.807, 2.05) is 6.20 Å². The van der Waals surface area contributed by atoms with Gasteiger partial charge in [0, 0.05) is 29.2 Å². The van der Waals surface area contributed by atoms with Gasteiger partial charge in [-0.25, -0.2) is 0 Å². The van der Waals surface area contributed by atoms with Gasteiger partial charge in [-0.05, 0) is 31.7 Å². The van der Waals surface area contributed by atoms with Crippen LogP contribution in [-0.4, -0.2) is 14.6 Å². The van der Waals surface area contributed by atoms with Crippen molar-refractivity contribution in [3.05, 3.63) is 18.0 Å². The van der Waals surface area contributed by atoms with E-state index in [0.717, 1.165) is 12.5 Å². The lowest BCUT2D eigenvalue weighted by atomic mass is 9.87. The summed E-state index contributed by atoms with van der Waals surface area (Å²) in [7, 11) is 0. The summed E-state index contributed by atoms with van der Waals surface area (Å²) in [5.41, 5.74) is 1.45.